The molecule has 0 bridgehead atoms. The molecule has 0 aromatic heterocycles. The molecule has 0 fully saturated rings. The van der Waals surface area contributed by atoms with Crippen LogP contribution in [0.2, 0.25) is 0 Å². The molecule has 0 saturated heterocycles. The van der Waals surface area contributed by atoms with Crippen LogP contribution in [0, 0.1) is 5.41 Å². The van der Waals surface area contributed by atoms with Gasteiger partial charge in [0.15, 0.2) is 0 Å². The molecule has 1 aromatic rings. The van der Waals surface area contributed by atoms with E-state index < -0.39 is 0 Å². The van der Waals surface area contributed by atoms with Crippen molar-refractivity contribution in [1.29, 1.82) is 0 Å². The molecule has 1 aliphatic heterocycles. The fraction of sp³-hybridized carbons (Fsp3) is 0.591. The third-order valence-corrected chi connectivity index (χ3v) is 4.32. The van der Waals surface area contributed by atoms with E-state index in [1.807, 2.05) is 0 Å². The Morgan fingerprint density at radius 2 is 1.71 bits per heavy atom. The third kappa shape index (κ3) is 4.96. The van der Waals surface area contributed by atoms with Gasteiger partial charge in [0.25, 0.3) is 0 Å². The van der Waals surface area contributed by atoms with Crippen LogP contribution in [0.15, 0.2) is 35.1 Å². The molecule has 132 valence electrons. The van der Waals surface area contributed by atoms with Crippen molar-refractivity contribution in [3.63, 3.8) is 0 Å². The van der Waals surface area contributed by atoms with Gasteiger partial charge in [-0.25, -0.2) is 4.99 Å². The van der Waals surface area contributed by atoms with Gasteiger partial charge in [0.05, 0.1) is 0 Å². The molecule has 0 spiro atoms. The van der Waals surface area contributed by atoms with Crippen molar-refractivity contribution in [3.8, 4) is 0 Å². The van der Waals surface area contributed by atoms with Crippen molar-refractivity contribution in [1.82, 2.24) is 0 Å². The fourth-order valence-corrected chi connectivity index (χ4v) is 2.92. The van der Waals surface area contributed by atoms with E-state index >= 15 is 0 Å². The number of rotatable bonds is 4. The summed E-state index contributed by atoms with van der Waals surface area (Å²) >= 11 is 0. The Labute approximate surface area is 148 Å². The molecule has 24 heavy (non-hydrogen) atoms. The van der Waals surface area contributed by atoms with Crippen LogP contribution in [0.25, 0.3) is 0 Å². The number of hydrogen-bond acceptors (Lipinski definition) is 2. The highest BCUT2D eigenvalue weighted by Crippen LogP contribution is 2.33. The average molecular weight is 327 g/mol. The number of allylic oxidation sites excluding steroid dienone is 1. The first kappa shape index (κ1) is 18.8. The lowest BCUT2D eigenvalue weighted by Gasteiger charge is -2.34. The van der Waals surface area contributed by atoms with Gasteiger partial charge in [-0.1, -0.05) is 54.5 Å². The van der Waals surface area contributed by atoms with Crippen molar-refractivity contribution in [2.45, 2.75) is 73.1 Å². The van der Waals surface area contributed by atoms with Gasteiger partial charge in [-0.2, -0.15) is 0 Å². The Bertz CT molecular complexity index is 624. The second kappa shape index (κ2) is 7.13. The summed E-state index contributed by atoms with van der Waals surface area (Å²) in [5.41, 5.74) is 4.43. The molecule has 1 aromatic carbocycles. The molecule has 0 N–H and O–H groups in total. The van der Waals surface area contributed by atoms with Gasteiger partial charge in [0.2, 0.25) is 0 Å². The van der Waals surface area contributed by atoms with Gasteiger partial charge in [0, 0.05) is 18.4 Å². The van der Waals surface area contributed by atoms with E-state index in [-0.39, 0.29) is 10.8 Å². The minimum atomic E-state index is 0.150. The average Bonchev–Trinajstić information content (AvgIpc) is 2.51. The fourth-order valence-electron chi connectivity index (χ4n) is 2.92. The number of anilines is 1. The van der Waals surface area contributed by atoms with Gasteiger partial charge < -0.3 is 4.90 Å². The molecule has 0 aliphatic carbocycles. The maximum Gasteiger partial charge on any atom is 0.128 e. The SMILES string of the molecule is CCc1cc(N(CC(C)(C)C)C2=CCCC=N2)cc(C(C)(C)C)c1. The molecular weight excluding hydrogens is 292 g/mol. The molecule has 2 heteroatoms. The standard InChI is InChI=1S/C22H34N2/c1-8-17-13-18(22(5,6)7)15-19(14-17)24(16-21(2,3)4)20-11-9-10-12-23-20/h11-15H,8-10,16H2,1-7H3. The predicted octanol–water partition coefficient (Wildman–Crippen LogP) is 6.11. The highest BCUT2D eigenvalue weighted by molar-refractivity contribution is 5.64. The van der Waals surface area contributed by atoms with E-state index in [0.717, 1.165) is 31.6 Å². The van der Waals surface area contributed by atoms with E-state index in [4.69, 9.17) is 4.99 Å². The van der Waals surface area contributed by atoms with E-state index in [0.29, 0.717) is 0 Å². The summed E-state index contributed by atoms with van der Waals surface area (Å²) in [6.07, 6.45) is 7.53. The molecule has 2 nitrogen and oxygen atoms in total. The highest BCUT2D eigenvalue weighted by atomic mass is 15.2. The van der Waals surface area contributed by atoms with Gasteiger partial charge in [0.1, 0.15) is 5.82 Å². The van der Waals surface area contributed by atoms with Crippen LogP contribution in [-0.2, 0) is 11.8 Å². The van der Waals surface area contributed by atoms with Crippen molar-refractivity contribution in [2.75, 3.05) is 11.4 Å². The van der Waals surface area contributed by atoms with Crippen LogP contribution < -0.4 is 4.90 Å². The molecule has 1 heterocycles. The lowest BCUT2D eigenvalue weighted by Crippen LogP contribution is -2.32. The lowest BCUT2D eigenvalue weighted by molar-refractivity contribution is 0.419. The van der Waals surface area contributed by atoms with Crippen molar-refractivity contribution >= 4 is 11.9 Å². The monoisotopic (exact) mass is 326 g/mol. The van der Waals surface area contributed by atoms with Gasteiger partial charge >= 0.3 is 0 Å². The molecule has 1 aliphatic rings. The molecule has 0 atom stereocenters. The number of aliphatic imine (C=N–C) groups is 1. The number of aryl methyl sites for hydroxylation is 1. The Kier molecular flexibility index (Phi) is 5.57. The number of hydrogen-bond donors (Lipinski definition) is 0. The van der Waals surface area contributed by atoms with Crippen LogP contribution in [-0.4, -0.2) is 12.8 Å². The smallest absolute Gasteiger partial charge is 0.128 e. The van der Waals surface area contributed by atoms with Gasteiger partial charge in [-0.05, 0) is 59.4 Å². The Balaban J connectivity index is 2.52. The summed E-state index contributed by atoms with van der Waals surface area (Å²) < 4.78 is 0. The summed E-state index contributed by atoms with van der Waals surface area (Å²) in [7, 11) is 0. The van der Waals surface area contributed by atoms with Crippen LogP contribution in [0.1, 0.15) is 72.4 Å². The maximum atomic E-state index is 4.70. The van der Waals surface area contributed by atoms with E-state index in [1.165, 1.54) is 16.8 Å². The van der Waals surface area contributed by atoms with Crippen molar-refractivity contribution in [3.05, 3.63) is 41.2 Å². The van der Waals surface area contributed by atoms with Crippen LogP contribution in [0.3, 0.4) is 0 Å². The van der Waals surface area contributed by atoms with Crippen molar-refractivity contribution < 1.29 is 0 Å². The lowest BCUT2D eigenvalue weighted by atomic mass is 9.85. The summed E-state index contributed by atoms with van der Waals surface area (Å²) in [6.45, 7) is 16.9. The van der Waals surface area contributed by atoms with E-state index in [1.54, 1.807) is 0 Å². The molecule has 0 unspecified atom stereocenters. The Hall–Kier alpha value is -1.57. The highest BCUT2D eigenvalue weighted by Gasteiger charge is 2.23. The normalized spacial score (nSPS) is 15.4. The molecular formula is C22H34N2. The molecule has 0 amide bonds. The van der Waals surface area contributed by atoms with Crippen molar-refractivity contribution in [2.24, 2.45) is 10.4 Å². The topological polar surface area (TPSA) is 15.6 Å². The predicted molar refractivity (Wildman–Crippen MR) is 107 cm³/mol. The first-order chi connectivity index (χ1) is 11.1. The zero-order chi connectivity index (χ0) is 18.0. The Morgan fingerprint density at radius 1 is 1.00 bits per heavy atom. The summed E-state index contributed by atoms with van der Waals surface area (Å²) in [6, 6.07) is 7.05. The molecule has 0 radical (unpaired) electrons. The molecule has 0 saturated carbocycles. The van der Waals surface area contributed by atoms with E-state index in [2.05, 4.69) is 83.9 Å². The summed E-state index contributed by atoms with van der Waals surface area (Å²) in [5.74, 6) is 1.10. The largest absolute Gasteiger partial charge is 0.326 e. The Morgan fingerprint density at radius 3 is 2.21 bits per heavy atom. The van der Waals surface area contributed by atoms with Crippen LogP contribution >= 0.6 is 0 Å². The first-order valence-electron chi connectivity index (χ1n) is 9.25. The van der Waals surface area contributed by atoms with Gasteiger partial charge in [-0.3, -0.25) is 0 Å². The summed E-state index contributed by atoms with van der Waals surface area (Å²) in [4.78, 5) is 7.11. The van der Waals surface area contributed by atoms with E-state index in [9.17, 15) is 0 Å². The first-order valence-corrected chi connectivity index (χ1v) is 9.25. The minimum Gasteiger partial charge on any atom is -0.326 e. The van der Waals surface area contributed by atoms with Crippen LogP contribution in [0.4, 0.5) is 5.69 Å². The maximum absolute atomic E-state index is 4.70. The second-order valence-corrected chi connectivity index (χ2v) is 9.09. The third-order valence-electron chi connectivity index (χ3n) is 4.32. The molecule has 2 rings (SSSR count). The quantitative estimate of drug-likeness (QED) is 0.652. The zero-order valence-corrected chi connectivity index (χ0v) is 16.6. The summed E-state index contributed by atoms with van der Waals surface area (Å²) in [5, 5.41) is 0. The van der Waals surface area contributed by atoms with Crippen LogP contribution in [0.5, 0.6) is 0 Å². The minimum absolute atomic E-state index is 0.150. The second-order valence-electron chi connectivity index (χ2n) is 9.09. The van der Waals surface area contributed by atoms with Gasteiger partial charge in [-0.15, -0.1) is 0 Å². The number of nitrogens with zero attached hydrogens (tertiary/aromatic N) is 2. The zero-order valence-electron chi connectivity index (χ0n) is 16.6. The number of benzene rings is 1.